The first-order chi connectivity index (χ1) is 14.2. The van der Waals surface area contributed by atoms with Crippen molar-refractivity contribution >= 4 is 66.4 Å². The molecule has 0 heterocycles. The molecule has 156 valence electrons. The third-order valence-corrected chi connectivity index (χ3v) is 6.11. The highest BCUT2D eigenvalue weighted by Crippen LogP contribution is 2.23. The Morgan fingerprint density at radius 2 is 1.50 bits per heavy atom. The van der Waals surface area contributed by atoms with E-state index >= 15 is 0 Å². The van der Waals surface area contributed by atoms with Crippen LogP contribution >= 0.6 is 39.1 Å². The Morgan fingerprint density at radius 3 is 2.10 bits per heavy atom. The molecule has 30 heavy (non-hydrogen) atoms. The van der Waals surface area contributed by atoms with Crippen LogP contribution < -0.4 is 14.8 Å². The summed E-state index contributed by atoms with van der Waals surface area (Å²) in [5.74, 6) is -0.0706. The largest absolute Gasteiger partial charge is 0.484 e. The molecule has 0 fully saturated rings. The number of sulfonamides is 1. The maximum absolute atomic E-state index is 12.5. The van der Waals surface area contributed by atoms with E-state index in [0.29, 0.717) is 27.2 Å². The average Bonchev–Trinajstić information content (AvgIpc) is 2.67. The summed E-state index contributed by atoms with van der Waals surface area (Å²) in [5.41, 5.74) is 0.887. The molecule has 6 nitrogen and oxygen atoms in total. The van der Waals surface area contributed by atoms with E-state index in [0.717, 1.165) is 4.47 Å². The number of anilines is 2. The normalized spacial score (nSPS) is 11.0. The van der Waals surface area contributed by atoms with Crippen molar-refractivity contribution in [2.75, 3.05) is 16.6 Å². The molecular formula is C20H15BrCl2N2O4S. The minimum atomic E-state index is -3.75. The van der Waals surface area contributed by atoms with Crippen LogP contribution in [0.5, 0.6) is 5.75 Å². The minimum absolute atomic E-state index is 0.0655. The van der Waals surface area contributed by atoms with Crippen molar-refractivity contribution in [3.8, 4) is 5.75 Å². The monoisotopic (exact) mass is 528 g/mol. The van der Waals surface area contributed by atoms with E-state index < -0.39 is 15.9 Å². The van der Waals surface area contributed by atoms with Crippen LogP contribution in [-0.4, -0.2) is 20.9 Å². The van der Waals surface area contributed by atoms with Gasteiger partial charge in [0.1, 0.15) is 5.75 Å². The van der Waals surface area contributed by atoms with Crippen LogP contribution in [0.25, 0.3) is 0 Å². The molecule has 0 spiro atoms. The number of halogens is 3. The topological polar surface area (TPSA) is 84.5 Å². The summed E-state index contributed by atoms with van der Waals surface area (Å²) in [4.78, 5) is 12.1. The molecule has 3 aromatic rings. The fourth-order valence-electron chi connectivity index (χ4n) is 2.42. The lowest BCUT2D eigenvalue weighted by atomic mass is 10.3. The van der Waals surface area contributed by atoms with Gasteiger partial charge in [-0.1, -0.05) is 39.1 Å². The Morgan fingerprint density at radius 1 is 0.900 bits per heavy atom. The highest BCUT2D eigenvalue weighted by atomic mass is 79.9. The van der Waals surface area contributed by atoms with Crippen molar-refractivity contribution in [2.24, 2.45) is 0 Å². The quantitative estimate of drug-likeness (QED) is 0.418. The molecule has 2 N–H and O–H groups in total. The number of hydrogen-bond donors (Lipinski definition) is 2. The molecule has 0 unspecified atom stereocenters. The van der Waals surface area contributed by atoms with Crippen LogP contribution in [0.1, 0.15) is 0 Å². The van der Waals surface area contributed by atoms with Gasteiger partial charge in [0, 0.05) is 25.9 Å². The summed E-state index contributed by atoms with van der Waals surface area (Å²) in [7, 11) is -3.75. The van der Waals surface area contributed by atoms with Crippen LogP contribution in [0.2, 0.25) is 10.0 Å². The molecule has 0 aromatic heterocycles. The predicted octanol–water partition coefficient (Wildman–Crippen LogP) is 5.57. The van der Waals surface area contributed by atoms with E-state index in [1.807, 2.05) is 0 Å². The van der Waals surface area contributed by atoms with Gasteiger partial charge in [0.2, 0.25) is 0 Å². The van der Waals surface area contributed by atoms with Gasteiger partial charge in [0.25, 0.3) is 15.9 Å². The molecule has 1 amide bonds. The molecule has 0 atom stereocenters. The highest BCUT2D eigenvalue weighted by Gasteiger charge is 2.14. The maximum atomic E-state index is 12.5. The summed E-state index contributed by atoms with van der Waals surface area (Å²) in [5, 5.41) is 3.41. The zero-order valence-corrected chi connectivity index (χ0v) is 19.1. The Hall–Kier alpha value is -2.26. The van der Waals surface area contributed by atoms with Gasteiger partial charge in [-0.2, -0.15) is 0 Å². The molecule has 0 bridgehead atoms. The lowest BCUT2D eigenvalue weighted by molar-refractivity contribution is -0.118. The highest BCUT2D eigenvalue weighted by molar-refractivity contribution is 9.10. The molecule has 0 aliphatic heterocycles. The van der Waals surface area contributed by atoms with Crippen LogP contribution in [0.15, 0.2) is 76.1 Å². The lowest BCUT2D eigenvalue weighted by Gasteiger charge is -2.10. The number of amides is 1. The number of hydrogen-bond acceptors (Lipinski definition) is 4. The van der Waals surface area contributed by atoms with E-state index in [-0.39, 0.29) is 11.5 Å². The van der Waals surface area contributed by atoms with Gasteiger partial charge < -0.3 is 10.1 Å². The van der Waals surface area contributed by atoms with Gasteiger partial charge in [-0.15, -0.1) is 0 Å². The number of ether oxygens (including phenoxy) is 1. The zero-order valence-electron chi connectivity index (χ0n) is 15.2. The predicted molar refractivity (Wildman–Crippen MR) is 122 cm³/mol. The number of benzene rings is 3. The van der Waals surface area contributed by atoms with Crippen molar-refractivity contribution in [2.45, 2.75) is 4.90 Å². The summed E-state index contributed by atoms with van der Waals surface area (Å²) >= 11 is 15.1. The van der Waals surface area contributed by atoms with Crippen LogP contribution in [-0.2, 0) is 14.8 Å². The summed E-state index contributed by atoms with van der Waals surface area (Å²) in [6.07, 6.45) is 0. The maximum Gasteiger partial charge on any atom is 0.262 e. The Bertz CT molecular complexity index is 1130. The van der Waals surface area contributed by atoms with Crippen LogP contribution in [0.3, 0.4) is 0 Å². The number of rotatable bonds is 7. The third-order valence-electron chi connectivity index (χ3n) is 3.75. The molecule has 0 aliphatic rings. The number of nitrogens with one attached hydrogen (secondary N) is 2. The second-order valence-electron chi connectivity index (χ2n) is 6.08. The second-order valence-corrected chi connectivity index (χ2v) is 9.55. The Balaban J connectivity index is 1.58. The van der Waals surface area contributed by atoms with Crippen molar-refractivity contribution in [3.63, 3.8) is 0 Å². The van der Waals surface area contributed by atoms with Gasteiger partial charge in [-0.05, 0) is 66.7 Å². The molecule has 0 saturated heterocycles. The second kappa shape index (κ2) is 9.70. The molecule has 10 heteroatoms. The minimum Gasteiger partial charge on any atom is -0.484 e. The molecular weight excluding hydrogens is 515 g/mol. The van der Waals surface area contributed by atoms with Crippen molar-refractivity contribution in [1.29, 1.82) is 0 Å². The fraction of sp³-hybridized carbons (Fsp3) is 0.0500. The van der Waals surface area contributed by atoms with E-state index in [1.54, 1.807) is 42.5 Å². The van der Waals surface area contributed by atoms with Gasteiger partial charge in [-0.25, -0.2) is 8.42 Å². The van der Waals surface area contributed by atoms with Crippen molar-refractivity contribution in [3.05, 3.63) is 81.2 Å². The standard InChI is InChI=1S/C20H15BrCl2N2O4S/c21-13-1-3-16(4-2-13)25-30(27,28)19-7-5-18(6-8-19)29-12-20(26)24-17-10-14(22)9-15(23)11-17/h1-11,25H,12H2,(H,24,26). The Kier molecular flexibility index (Phi) is 7.25. The van der Waals surface area contributed by atoms with E-state index in [1.165, 1.54) is 24.3 Å². The van der Waals surface area contributed by atoms with Crippen LogP contribution in [0, 0.1) is 0 Å². The smallest absolute Gasteiger partial charge is 0.262 e. The van der Waals surface area contributed by atoms with Crippen LogP contribution in [0.4, 0.5) is 11.4 Å². The SMILES string of the molecule is O=C(COc1ccc(S(=O)(=O)Nc2ccc(Br)cc2)cc1)Nc1cc(Cl)cc(Cl)c1. The lowest BCUT2D eigenvalue weighted by Crippen LogP contribution is -2.20. The zero-order chi connectivity index (χ0) is 21.7. The summed E-state index contributed by atoms with van der Waals surface area (Å²) in [6.45, 7) is -0.270. The van der Waals surface area contributed by atoms with Gasteiger partial charge in [0.05, 0.1) is 4.90 Å². The molecule has 3 aromatic carbocycles. The van der Waals surface area contributed by atoms with Gasteiger partial charge in [0.15, 0.2) is 6.61 Å². The average molecular weight is 530 g/mol. The molecule has 0 saturated carbocycles. The van der Waals surface area contributed by atoms with Gasteiger partial charge in [-0.3, -0.25) is 9.52 Å². The number of carbonyl (C=O) groups is 1. The van der Waals surface area contributed by atoms with Gasteiger partial charge >= 0.3 is 0 Å². The number of carbonyl (C=O) groups excluding carboxylic acids is 1. The van der Waals surface area contributed by atoms with Crippen molar-refractivity contribution in [1.82, 2.24) is 0 Å². The summed E-state index contributed by atoms with van der Waals surface area (Å²) < 4.78 is 33.7. The molecule has 0 radical (unpaired) electrons. The first kappa shape index (κ1) is 22.4. The molecule has 0 aliphatic carbocycles. The summed E-state index contributed by atoms with van der Waals surface area (Å²) in [6, 6.07) is 17.2. The van der Waals surface area contributed by atoms with E-state index in [2.05, 4.69) is 26.0 Å². The van der Waals surface area contributed by atoms with E-state index in [9.17, 15) is 13.2 Å². The Labute approximate surface area is 192 Å². The van der Waals surface area contributed by atoms with Crippen molar-refractivity contribution < 1.29 is 17.9 Å². The first-order valence-electron chi connectivity index (χ1n) is 8.48. The third kappa shape index (κ3) is 6.37. The fourth-order valence-corrected chi connectivity index (χ4v) is 4.27. The van der Waals surface area contributed by atoms with E-state index in [4.69, 9.17) is 27.9 Å². The first-order valence-corrected chi connectivity index (χ1v) is 11.5. The molecule has 3 rings (SSSR count).